The van der Waals surface area contributed by atoms with Gasteiger partial charge in [-0.25, -0.2) is 4.98 Å². The average Bonchev–Trinajstić information content (AvgIpc) is 2.58. The zero-order chi connectivity index (χ0) is 17.6. The summed E-state index contributed by atoms with van der Waals surface area (Å²) in [5, 5.41) is 0. The molecule has 1 aromatic carbocycles. The third-order valence-electron chi connectivity index (χ3n) is 3.48. The quantitative estimate of drug-likeness (QED) is 0.677. The van der Waals surface area contributed by atoms with Crippen molar-refractivity contribution < 1.29 is 17.9 Å². The van der Waals surface area contributed by atoms with Crippen molar-refractivity contribution >= 4 is 11.6 Å². The molecule has 0 atom stereocenters. The number of alkyl halides is 3. The highest BCUT2D eigenvalue weighted by Crippen LogP contribution is 2.36. The lowest BCUT2D eigenvalue weighted by molar-refractivity contribution is -0.139. The summed E-state index contributed by atoms with van der Waals surface area (Å²) in [5.41, 5.74) is -0.182. The first-order valence-electron chi connectivity index (χ1n) is 7.79. The third kappa shape index (κ3) is 4.59. The number of hydrogen-bond donors (Lipinski definition) is 0. The fourth-order valence-corrected chi connectivity index (χ4v) is 2.11. The second kappa shape index (κ2) is 7.99. The Bertz CT molecular complexity index is 647. The van der Waals surface area contributed by atoms with Gasteiger partial charge in [0, 0.05) is 18.9 Å². The number of unbranched alkanes of at least 4 members (excludes halogenated alkanes) is 2. The summed E-state index contributed by atoms with van der Waals surface area (Å²) in [5.74, 6) is -0.272. The molecule has 2 aromatic rings. The standard InChI is InChI=1S/C17H20F3N3O/c1-3-4-8-11-24-15-14(17(18,19)20)12-21-16(22-15)23(2)13-9-6-5-7-10-13/h5-7,9-10,12H,3-4,8,11H2,1-2H3. The molecule has 0 saturated carbocycles. The molecule has 2 rings (SSSR count). The van der Waals surface area contributed by atoms with Crippen molar-refractivity contribution in [2.24, 2.45) is 0 Å². The van der Waals surface area contributed by atoms with E-state index in [0.717, 1.165) is 24.7 Å². The minimum absolute atomic E-state index is 0.152. The van der Waals surface area contributed by atoms with Gasteiger partial charge in [0.15, 0.2) is 0 Å². The van der Waals surface area contributed by atoms with Crippen molar-refractivity contribution in [3.05, 3.63) is 42.1 Å². The predicted molar refractivity (Wildman–Crippen MR) is 86.6 cm³/mol. The molecule has 0 amide bonds. The van der Waals surface area contributed by atoms with Gasteiger partial charge in [0.2, 0.25) is 11.8 Å². The minimum atomic E-state index is -4.55. The Kier molecular flexibility index (Phi) is 6.00. The van der Waals surface area contributed by atoms with Crippen molar-refractivity contribution in [1.82, 2.24) is 9.97 Å². The van der Waals surface area contributed by atoms with Crippen molar-refractivity contribution in [1.29, 1.82) is 0 Å². The van der Waals surface area contributed by atoms with Gasteiger partial charge in [0.1, 0.15) is 5.56 Å². The van der Waals surface area contributed by atoms with Crippen LogP contribution < -0.4 is 9.64 Å². The van der Waals surface area contributed by atoms with Gasteiger partial charge in [-0.1, -0.05) is 38.0 Å². The molecule has 0 aliphatic rings. The largest absolute Gasteiger partial charge is 0.477 e. The molecule has 0 aliphatic heterocycles. The number of benzene rings is 1. The Morgan fingerprint density at radius 2 is 1.83 bits per heavy atom. The molecule has 7 heteroatoms. The highest BCUT2D eigenvalue weighted by atomic mass is 19.4. The number of para-hydroxylation sites is 1. The number of nitrogens with zero attached hydrogens (tertiary/aromatic N) is 3. The molecule has 0 N–H and O–H groups in total. The van der Waals surface area contributed by atoms with Crippen LogP contribution in [-0.4, -0.2) is 23.6 Å². The first kappa shape index (κ1) is 18.0. The molecule has 0 bridgehead atoms. The Morgan fingerprint density at radius 3 is 2.46 bits per heavy atom. The molecule has 4 nitrogen and oxygen atoms in total. The summed E-state index contributed by atoms with van der Waals surface area (Å²) < 4.78 is 44.6. The van der Waals surface area contributed by atoms with E-state index in [9.17, 15) is 13.2 Å². The second-order valence-corrected chi connectivity index (χ2v) is 5.34. The van der Waals surface area contributed by atoms with E-state index in [4.69, 9.17) is 4.74 Å². The highest BCUT2D eigenvalue weighted by Gasteiger charge is 2.36. The predicted octanol–water partition coefficient (Wildman–Crippen LogP) is 4.83. The van der Waals surface area contributed by atoms with E-state index >= 15 is 0 Å². The maximum absolute atomic E-state index is 13.1. The van der Waals surface area contributed by atoms with Gasteiger partial charge in [0.25, 0.3) is 0 Å². The van der Waals surface area contributed by atoms with Crippen molar-refractivity contribution in [2.45, 2.75) is 32.4 Å². The van der Waals surface area contributed by atoms with Gasteiger partial charge in [-0.3, -0.25) is 0 Å². The van der Waals surface area contributed by atoms with Gasteiger partial charge in [-0.15, -0.1) is 0 Å². The van der Waals surface area contributed by atoms with Gasteiger partial charge in [-0.05, 0) is 18.6 Å². The summed E-state index contributed by atoms with van der Waals surface area (Å²) in [4.78, 5) is 9.44. The van der Waals surface area contributed by atoms with Crippen LogP contribution in [0.15, 0.2) is 36.5 Å². The molecule has 0 aliphatic carbocycles. The lowest BCUT2D eigenvalue weighted by Crippen LogP contribution is -2.17. The number of hydrogen-bond acceptors (Lipinski definition) is 4. The van der Waals surface area contributed by atoms with Gasteiger partial charge in [0.05, 0.1) is 6.61 Å². The molecular weight excluding hydrogens is 319 g/mol. The molecule has 0 fully saturated rings. The molecule has 0 radical (unpaired) electrons. The Balaban J connectivity index is 2.27. The van der Waals surface area contributed by atoms with E-state index in [0.29, 0.717) is 6.42 Å². The molecule has 1 aromatic heterocycles. The van der Waals surface area contributed by atoms with E-state index < -0.39 is 17.6 Å². The van der Waals surface area contributed by atoms with Crippen LogP contribution in [0.4, 0.5) is 24.8 Å². The van der Waals surface area contributed by atoms with Crippen LogP contribution in [-0.2, 0) is 6.18 Å². The summed E-state index contributed by atoms with van der Waals surface area (Å²) in [6.45, 7) is 2.21. The van der Waals surface area contributed by atoms with Gasteiger partial charge in [-0.2, -0.15) is 18.2 Å². The molecule has 24 heavy (non-hydrogen) atoms. The molecule has 0 spiro atoms. The normalized spacial score (nSPS) is 11.4. The van der Waals surface area contributed by atoms with Crippen molar-refractivity contribution in [2.75, 3.05) is 18.6 Å². The van der Waals surface area contributed by atoms with Crippen LogP contribution in [0.5, 0.6) is 5.88 Å². The van der Waals surface area contributed by atoms with Crippen LogP contribution >= 0.6 is 0 Å². The SMILES string of the molecule is CCCCCOc1nc(N(C)c2ccccc2)ncc1C(F)(F)F. The van der Waals surface area contributed by atoms with E-state index in [1.54, 1.807) is 11.9 Å². The summed E-state index contributed by atoms with van der Waals surface area (Å²) >= 11 is 0. The van der Waals surface area contributed by atoms with Crippen LogP contribution in [0.25, 0.3) is 0 Å². The smallest absolute Gasteiger partial charge is 0.423 e. The van der Waals surface area contributed by atoms with Crippen LogP contribution in [0, 0.1) is 0 Å². The average molecular weight is 339 g/mol. The van der Waals surface area contributed by atoms with E-state index in [-0.39, 0.29) is 12.6 Å². The van der Waals surface area contributed by atoms with Gasteiger partial charge < -0.3 is 9.64 Å². The van der Waals surface area contributed by atoms with Crippen LogP contribution in [0.1, 0.15) is 31.7 Å². The molecule has 130 valence electrons. The number of anilines is 2. The van der Waals surface area contributed by atoms with Gasteiger partial charge >= 0.3 is 6.18 Å². The lowest BCUT2D eigenvalue weighted by atomic mass is 10.2. The zero-order valence-electron chi connectivity index (χ0n) is 13.7. The number of halogens is 3. The summed E-state index contributed by atoms with van der Waals surface area (Å²) in [6.07, 6.45) is -1.24. The lowest BCUT2D eigenvalue weighted by Gasteiger charge is -2.19. The number of aromatic nitrogens is 2. The molecule has 0 unspecified atom stereocenters. The molecule has 0 saturated heterocycles. The molecule has 1 heterocycles. The third-order valence-corrected chi connectivity index (χ3v) is 3.48. The Morgan fingerprint density at radius 1 is 1.12 bits per heavy atom. The maximum atomic E-state index is 13.1. The van der Waals surface area contributed by atoms with Crippen LogP contribution in [0.2, 0.25) is 0 Å². The van der Waals surface area contributed by atoms with E-state index in [1.807, 2.05) is 37.3 Å². The fraction of sp³-hybridized carbons (Fsp3) is 0.412. The first-order valence-corrected chi connectivity index (χ1v) is 7.79. The Labute approximate surface area is 139 Å². The number of ether oxygens (including phenoxy) is 1. The second-order valence-electron chi connectivity index (χ2n) is 5.34. The monoisotopic (exact) mass is 339 g/mol. The topological polar surface area (TPSA) is 38.2 Å². The van der Waals surface area contributed by atoms with E-state index in [1.165, 1.54) is 0 Å². The number of rotatable bonds is 7. The van der Waals surface area contributed by atoms with Crippen LogP contribution in [0.3, 0.4) is 0 Å². The van der Waals surface area contributed by atoms with E-state index in [2.05, 4.69) is 9.97 Å². The summed E-state index contributed by atoms with van der Waals surface area (Å²) in [6, 6.07) is 9.16. The van der Waals surface area contributed by atoms with Crippen molar-refractivity contribution in [3.63, 3.8) is 0 Å². The fourth-order valence-electron chi connectivity index (χ4n) is 2.11. The first-order chi connectivity index (χ1) is 11.4. The highest BCUT2D eigenvalue weighted by molar-refractivity contribution is 5.56. The minimum Gasteiger partial charge on any atom is -0.477 e. The Hall–Kier alpha value is -2.31. The maximum Gasteiger partial charge on any atom is 0.423 e. The molecular formula is C17H20F3N3O. The zero-order valence-corrected chi connectivity index (χ0v) is 13.7. The summed E-state index contributed by atoms with van der Waals surface area (Å²) in [7, 11) is 1.69. The van der Waals surface area contributed by atoms with Crippen molar-refractivity contribution in [3.8, 4) is 5.88 Å².